The molecule has 25 heavy (non-hydrogen) atoms. The van der Waals surface area contributed by atoms with Gasteiger partial charge in [-0.1, -0.05) is 30.3 Å². The Balaban J connectivity index is 1.96. The number of esters is 1. The molecule has 2 N–H and O–H groups in total. The van der Waals surface area contributed by atoms with Crippen LogP contribution in [-0.2, 0) is 17.7 Å². The van der Waals surface area contributed by atoms with Crippen molar-refractivity contribution in [3.63, 3.8) is 0 Å². The molecule has 0 bridgehead atoms. The van der Waals surface area contributed by atoms with Crippen LogP contribution < -0.4 is 5.73 Å². The molecule has 128 valence electrons. The highest BCUT2D eigenvalue weighted by molar-refractivity contribution is 6.07. The number of rotatable bonds is 6. The number of ether oxygens (including phenoxy) is 1. The van der Waals surface area contributed by atoms with Gasteiger partial charge in [0.1, 0.15) is 5.65 Å². The Bertz CT molecular complexity index is 916. The number of aromatic nitrogens is 2. The van der Waals surface area contributed by atoms with E-state index >= 15 is 0 Å². The summed E-state index contributed by atoms with van der Waals surface area (Å²) < 4.78 is 6.87. The van der Waals surface area contributed by atoms with Gasteiger partial charge in [0.05, 0.1) is 17.7 Å². The molecule has 3 aromatic rings. The van der Waals surface area contributed by atoms with E-state index in [4.69, 9.17) is 10.5 Å². The van der Waals surface area contributed by atoms with Crippen LogP contribution in [0.15, 0.2) is 48.8 Å². The Hall–Kier alpha value is -3.15. The van der Waals surface area contributed by atoms with Crippen LogP contribution in [0.3, 0.4) is 0 Å². The van der Waals surface area contributed by atoms with E-state index in [-0.39, 0.29) is 6.61 Å². The molecule has 0 aliphatic heterocycles. The van der Waals surface area contributed by atoms with E-state index in [1.165, 1.54) is 11.8 Å². The lowest BCUT2D eigenvalue weighted by molar-refractivity contribution is 0.0526. The molecule has 0 unspecified atom stereocenters. The van der Waals surface area contributed by atoms with Gasteiger partial charge < -0.3 is 15.0 Å². The van der Waals surface area contributed by atoms with Gasteiger partial charge in [-0.25, -0.2) is 9.78 Å². The number of primary amides is 1. The van der Waals surface area contributed by atoms with Gasteiger partial charge in [0.15, 0.2) is 0 Å². The van der Waals surface area contributed by atoms with Crippen LogP contribution in [0.25, 0.3) is 11.0 Å². The smallest absolute Gasteiger partial charge is 0.339 e. The summed E-state index contributed by atoms with van der Waals surface area (Å²) in [6.07, 6.45) is 3.95. The molecule has 0 saturated carbocycles. The Labute approximate surface area is 145 Å². The summed E-state index contributed by atoms with van der Waals surface area (Å²) in [5.41, 5.74) is 7.95. The van der Waals surface area contributed by atoms with E-state index in [0.29, 0.717) is 28.7 Å². The summed E-state index contributed by atoms with van der Waals surface area (Å²) >= 11 is 0. The second-order valence-electron chi connectivity index (χ2n) is 5.65. The number of pyridine rings is 1. The molecule has 3 rings (SSSR count). The first-order chi connectivity index (χ1) is 12.1. The molecule has 6 heteroatoms. The van der Waals surface area contributed by atoms with Crippen LogP contribution in [0.4, 0.5) is 0 Å². The third kappa shape index (κ3) is 3.52. The minimum absolute atomic E-state index is 0.275. The van der Waals surface area contributed by atoms with Crippen LogP contribution in [0, 0.1) is 0 Å². The third-order valence-corrected chi connectivity index (χ3v) is 3.97. The van der Waals surface area contributed by atoms with E-state index in [0.717, 1.165) is 6.42 Å². The lowest BCUT2D eigenvalue weighted by atomic mass is 10.1. The minimum atomic E-state index is -0.550. The van der Waals surface area contributed by atoms with Gasteiger partial charge in [0, 0.05) is 24.3 Å². The van der Waals surface area contributed by atoms with Crippen LogP contribution in [0.1, 0.15) is 33.2 Å². The number of hydrogen-bond acceptors (Lipinski definition) is 4. The second-order valence-corrected chi connectivity index (χ2v) is 5.65. The van der Waals surface area contributed by atoms with Crippen molar-refractivity contribution < 1.29 is 14.3 Å². The fourth-order valence-corrected chi connectivity index (χ4v) is 2.76. The van der Waals surface area contributed by atoms with Gasteiger partial charge in [-0.3, -0.25) is 4.79 Å². The van der Waals surface area contributed by atoms with Crippen LogP contribution in [0.5, 0.6) is 0 Å². The Morgan fingerprint density at radius 1 is 1.24 bits per heavy atom. The number of carbonyl (C=O) groups is 2. The fourth-order valence-electron chi connectivity index (χ4n) is 2.76. The molecule has 0 radical (unpaired) electrons. The van der Waals surface area contributed by atoms with Crippen molar-refractivity contribution >= 4 is 22.9 Å². The lowest BCUT2D eigenvalue weighted by Gasteiger charge is -2.06. The average Bonchev–Trinajstić information content (AvgIpc) is 2.99. The maximum Gasteiger partial charge on any atom is 0.339 e. The van der Waals surface area contributed by atoms with E-state index in [1.807, 2.05) is 34.9 Å². The molecule has 2 heterocycles. The molecule has 0 atom stereocenters. The van der Waals surface area contributed by atoms with E-state index in [1.54, 1.807) is 19.2 Å². The fraction of sp³-hybridized carbons (Fsp3) is 0.211. The van der Waals surface area contributed by atoms with Crippen LogP contribution in [0.2, 0.25) is 0 Å². The Morgan fingerprint density at radius 2 is 2.00 bits per heavy atom. The summed E-state index contributed by atoms with van der Waals surface area (Å²) in [7, 11) is 0. The largest absolute Gasteiger partial charge is 0.462 e. The Morgan fingerprint density at radius 3 is 2.68 bits per heavy atom. The number of fused-ring (bicyclic) bond motifs is 1. The number of nitrogens with two attached hydrogens (primary N) is 1. The molecular weight excluding hydrogens is 318 g/mol. The van der Waals surface area contributed by atoms with Crippen molar-refractivity contribution in [2.75, 3.05) is 6.61 Å². The zero-order valence-electron chi connectivity index (χ0n) is 13.9. The summed E-state index contributed by atoms with van der Waals surface area (Å²) in [4.78, 5) is 28.0. The molecule has 0 saturated heterocycles. The highest BCUT2D eigenvalue weighted by atomic mass is 16.5. The zero-order valence-corrected chi connectivity index (χ0v) is 13.9. The average molecular weight is 337 g/mol. The minimum Gasteiger partial charge on any atom is -0.462 e. The maximum absolute atomic E-state index is 11.9. The summed E-state index contributed by atoms with van der Waals surface area (Å²) in [5, 5.41) is 0.561. The third-order valence-electron chi connectivity index (χ3n) is 3.97. The molecule has 1 amide bonds. The van der Waals surface area contributed by atoms with Crippen LogP contribution in [-0.4, -0.2) is 28.0 Å². The van der Waals surface area contributed by atoms with E-state index < -0.39 is 11.9 Å². The summed E-state index contributed by atoms with van der Waals surface area (Å²) in [6, 6.07) is 11.7. The SMILES string of the molecule is CCOC(=O)c1cnc2c(c1)c(C(N)=O)cn2CCc1ccccc1. The predicted octanol–water partition coefficient (Wildman–Crippen LogP) is 2.55. The van der Waals surface area contributed by atoms with Gasteiger partial charge in [0.25, 0.3) is 5.91 Å². The number of aryl methyl sites for hydroxylation is 2. The van der Waals surface area contributed by atoms with Crippen molar-refractivity contribution in [1.82, 2.24) is 9.55 Å². The highest BCUT2D eigenvalue weighted by Crippen LogP contribution is 2.21. The van der Waals surface area contributed by atoms with Gasteiger partial charge in [-0.2, -0.15) is 0 Å². The van der Waals surface area contributed by atoms with Crippen molar-refractivity contribution in [2.45, 2.75) is 19.9 Å². The lowest BCUT2D eigenvalue weighted by Crippen LogP contribution is -2.10. The van der Waals surface area contributed by atoms with Gasteiger partial charge >= 0.3 is 5.97 Å². The first-order valence-electron chi connectivity index (χ1n) is 8.10. The van der Waals surface area contributed by atoms with Crippen molar-refractivity contribution in [3.05, 3.63) is 65.5 Å². The quantitative estimate of drug-likeness (QED) is 0.700. The monoisotopic (exact) mass is 337 g/mol. The van der Waals surface area contributed by atoms with E-state index in [9.17, 15) is 9.59 Å². The molecule has 0 aliphatic rings. The number of amides is 1. The van der Waals surface area contributed by atoms with Gasteiger partial charge in [-0.05, 0) is 25.0 Å². The number of hydrogen-bond donors (Lipinski definition) is 1. The molecule has 0 fully saturated rings. The maximum atomic E-state index is 11.9. The van der Waals surface area contributed by atoms with Crippen molar-refractivity contribution in [2.24, 2.45) is 5.73 Å². The van der Waals surface area contributed by atoms with Gasteiger partial charge in [0.2, 0.25) is 0 Å². The molecular formula is C19H19N3O3. The number of carbonyl (C=O) groups excluding carboxylic acids is 2. The first-order valence-corrected chi connectivity index (χ1v) is 8.10. The predicted molar refractivity (Wildman–Crippen MR) is 94.4 cm³/mol. The van der Waals surface area contributed by atoms with Gasteiger partial charge in [-0.15, -0.1) is 0 Å². The second kappa shape index (κ2) is 7.17. The van der Waals surface area contributed by atoms with E-state index in [2.05, 4.69) is 4.98 Å². The molecule has 0 aliphatic carbocycles. The molecule has 6 nitrogen and oxygen atoms in total. The Kier molecular flexibility index (Phi) is 4.79. The van der Waals surface area contributed by atoms with Crippen LogP contribution >= 0.6 is 0 Å². The summed E-state index contributed by atoms with van der Waals surface area (Å²) in [6.45, 7) is 2.66. The normalized spacial score (nSPS) is 10.8. The number of benzene rings is 1. The molecule has 2 aromatic heterocycles. The number of nitrogens with zero attached hydrogens (tertiary/aromatic N) is 2. The zero-order chi connectivity index (χ0) is 17.8. The highest BCUT2D eigenvalue weighted by Gasteiger charge is 2.17. The summed E-state index contributed by atoms with van der Waals surface area (Å²) in [5.74, 6) is -1.02. The molecule has 1 aromatic carbocycles. The van der Waals surface area contributed by atoms with Crippen molar-refractivity contribution in [3.8, 4) is 0 Å². The first kappa shape index (κ1) is 16.7. The molecule has 0 spiro atoms. The standard InChI is InChI=1S/C19H19N3O3/c1-2-25-19(24)14-10-15-16(17(20)23)12-22(18(15)21-11-14)9-8-13-6-4-3-5-7-13/h3-7,10-12H,2,8-9H2,1H3,(H2,20,23). The topological polar surface area (TPSA) is 87.2 Å². The van der Waals surface area contributed by atoms with Crippen molar-refractivity contribution in [1.29, 1.82) is 0 Å².